The minimum atomic E-state index is -0.263. The normalized spacial score (nSPS) is 13.3. The lowest BCUT2D eigenvalue weighted by Gasteiger charge is -2.36. The van der Waals surface area contributed by atoms with Crippen LogP contribution in [-0.2, 0) is 11.3 Å². The van der Waals surface area contributed by atoms with Gasteiger partial charge in [-0.05, 0) is 49.4 Å². The van der Waals surface area contributed by atoms with Crippen molar-refractivity contribution in [3.63, 3.8) is 0 Å². The summed E-state index contributed by atoms with van der Waals surface area (Å²) in [5, 5.41) is 8.84. The van der Waals surface area contributed by atoms with Gasteiger partial charge in [0.05, 0.1) is 25.6 Å². The lowest BCUT2D eigenvalue weighted by Crippen LogP contribution is -2.52. The molecular weight excluding hydrogens is 494 g/mol. The third kappa shape index (κ3) is 6.26. The summed E-state index contributed by atoms with van der Waals surface area (Å²) < 4.78 is 10.7. The molecule has 1 fully saturated rings. The summed E-state index contributed by atoms with van der Waals surface area (Å²) in [6.45, 7) is 4.51. The van der Waals surface area contributed by atoms with E-state index in [-0.39, 0.29) is 24.9 Å². The van der Waals surface area contributed by atoms with E-state index in [2.05, 4.69) is 34.2 Å². The predicted octanol–water partition coefficient (Wildman–Crippen LogP) is 4.04. The van der Waals surface area contributed by atoms with Crippen molar-refractivity contribution in [1.29, 1.82) is 0 Å². The zero-order valence-corrected chi connectivity index (χ0v) is 22.1. The largest absolute Gasteiger partial charge is 0.497 e. The number of carbonyl (C=O) groups excluding carboxylic acids is 2. The van der Waals surface area contributed by atoms with E-state index in [1.54, 1.807) is 54.7 Å². The molecular formula is C30H31N5O4. The number of hydrogen-bond donors (Lipinski definition) is 0. The molecule has 5 rings (SSSR count). The smallest absolute Gasteiger partial charge is 0.254 e. The maximum Gasteiger partial charge on any atom is 0.254 e. The highest BCUT2D eigenvalue weighted by atomic mass is 16.5. The van der Waals surface area contributed by atoms with Gasteiger partial charge < -0.3 is 23.9 Å². The first-order chi connectivity index (χ1) is 19.0. The van der Waals surface area contributed by atoms with E-state index in [1.165, 1.54) is 10.5 Å². The van der Waals surface area contributed by atoms with Crippen LogP contribution >= 0.6 is 0 Å². The second-order valence-corrected chi connectivity index (χ2v) is 9.48. The Morgan fingerprint density at radius 3 is 2.41 bits per heavy atom. The molecule has 39 heavy (non-hydrogen) atoms. The molecule has 0 atom stereocenters. The van der Waals surface area contributed by atoms with E-state index >= 15 is 0 Å². The van der Waals surface area contributed by atoms with Crippen molar-refractivity contribution in [2.24, 2.45) is 0 Å². The van der Waals surface area contributed by atoms with Gasteiger partial charge in [0.1, 0.15) is 18.1 Å². The summed E-state index contributed by atoms with van der Waals surface area (Å²) in [5.74, 6) is 1.60. The third-order valence-electron chi connectivity index (χ3n) is 6.81. The molecule has 2 aromatic carbocycles. The van der Waals surface area contributed by atoms with Crippen molar-refractivity contribution < 1.29 is 18.7 Å². The van der Waals surface area contributed by atoms with Crippen LogP contribution in [0.5, 0.6) is 5.75 Å². The molecule has 2 aromatic heterocycles. The summed E-state index contributed by atoms with van der Waals surface area (Å²) in [6.07, 6.45) is 1.56. The molecule has 0 unspecified atom stereocenters. The molecule has 1 saturated heterocycles. The molecule has 0 bridgehead atoms. The number of methoxy groups -OCH3 is 1. The Labute approximate surface area is 227 Å². The number of anilines is 1. The maximum atomic E-state index is 13.4. The van der Waals surface area contributed by atoms with E-state index < -0.39 is 0 Å². The summed E-state index contributed by atoms with van der Waals surface area (Å²) >= 11 is 0. The number of aryl methyl sites for hydroxylation is 1. The molecule has 0 aliphatic carbocycles. The monoisotopic (exact) mass is 525 g/mol. The molecule has 0 saturated carbocycles. The molecule has 200 valence electrons. The van der Waals surface area contributed by atoms with Crippen LogP contribution in [0.1, 0.15) is 21.7 Å². The topological polar surface area (TPSA) is 92.0 Å². The summed E-state index contributed by atoms with van der Waals surface area (Å²) in [4.78, 5) is 32.1. The van der Waals surface area contributed by atoms with Crippen molar-refractivity contribution in [3.8, 4) is 17.0 Å². The Hall–Kier alpha value is -4.66. The van der Waals surface area contributed by atoms with Crippen LogP contribution in [0.4, 0.5) is 5.82 Å². The lowest BCUT2D eigenvalue weighted by atomic mass is 10.1. The number of aromatic nitrogens is 2. The fraction of sp³-hybridized carbons (Fsp3) is 0.267. The van der Waals surface area contributed by atoms with Crippen molar-refractivity contribution in [2.75, 3.05) is 44.7 Å². The van der Waals surface area contributed by atoms with E-state index in [0.29, 0.717) is 43.3 Å². The Balaban J connectivity index is 1.21. The number of piperazine rings is 1. The molecule has 2 amide bonds. The molecule has 1 aliphatic heterocycles. The second kappa shape index (κ2) is 11.8. The van der Waals surface area contributed by atoms with E-state index in [4.69, 9.17) is 9.15 Å². The number of rotatable bonds is 8. The van der Waals surface area contributed by atoms with Crippen LogP contribution in [-0.4, -0.2) is 71.6 Å². The van der Waals surface area contributed by atoms with Gasteiger partial charge in [-0.1, -0.05) is 35.9 Å². The fourth-order valence-electron chi connectivity index (χ4n) is 4.55. The first-order valence-electron chi connectivity index (χ1n) is 12.9. The van der Waals surface area contributed by atoms with E-state index in [9.17, 15) is 9.59 Å². The third-order valence-corrected chi connectivity index (χ3v) is 6.81. The van der Waals surface area contributed by atoms with Gasteiger partial charge in [0.2, 0.25) is 5.91 Å². The van der Waals surface area contributed by atoms with Crippen LogP contribution in [0.15, 0.2) is 83.5 Å². The number of hydrogen-bond acceptors (Lipinski definition) is 7. The van der Waals surface area contributed by atoms with Crippen LogP contribution in [0.25, 0.3) is 11.3 Å². The number of carbonyl (C=O) groups is 2. The average Bonchev–Trinajstić information content (AvgIpc) is 3.50. The summed E-state index contributed by atoms with van der Waals surface area (Å²) in [7, 11) is 1.55. The molecule has 0 radical (unpaired) electrons. The van der Waals surface area contributed by atoms with Crippen LogP contribution in [0.2, 0.25) is 0 Å². The zero-order valence-electron chi connectivity index (χ0n) is 22.1. The van der Waals surface area contributed by atoms with Gasteiger partial charge in [0.15, 0.2) is 5.82 Å². The molecule has 3 heterocycles. The summed E-state index contributed by atoms with van der Waals surface area (Å²) in [5.41, 5.74) is 3.50. The zero-order chi connectivity index (χ0) is 27.2. The Kier molecular flexibility index (Phi) is 7.86. The average molecular weight is 526 g/mol. The van der Waals surface area contributed by atoms with Crippen molar-refractivity contribution >= 4 is 17.6 Å². The SMILES string of the molecule is COc1cccc(C(=O)N(CC(=O)N2CCN(c3ccc(-c4ccc(C)cc4)nn3)CC2)Cc2ccco2)c1. The van der Waals surface area contributed by atoms with Gasteiger partial charge in [-0.15, -0.1) is 10.2 Å². The van der Waals surface area contributed by atoms with Crippen LogP contribution < -0.4 is 9.64 Å². The van der Waals surface area contributed by atoms with Gasteiger partial charge in [-0.3, -0.25) is 9.59 Å². The highest BCUT2D eigenvalue weighted by molar-refractivity contribution is 5.96. The minimum absolute atomic E-state index is 0.0538. The fourth-order valence-corrected chi connectivity index (χ4v) is 4.55. The van der Waals surface area contributed by atoms with Crippen molar-refractivity contribution in [2.45, 2.75) is 13.5 Å². The van der Waals surface area contributed by atoms with Gasteiger partial charge in [-0.2, -0.15) is 0 Å². The standard InChI is InChI=1S/C30H31N5O4/c1-22-8-10-23(11-9-22)27-12-13-28(32-31-27)33-14-16-34(17-15-33)29(36)21-35(20-26-7-4-18-39-26)30(37)24-5-3-6-25(19-24)38-2/h3-13,18-19H,14-17,20-21H2,1-2H3. The second-order valence-electron chi connectivity index (χ2n) is 9.48. The number of amides is 2. The van der Waals surface area contributed by atoms with Crippen molar-refractivity contribution in [1.82, 2.24) is 20.0 Å². The highest BCUT2D eigenvalue weighted by Gasteiger charge is 2.27. The maximum absolute atomic E-state index is 13.4. The summed E-state index contributed by atoms with van der Waals surface area (Å²) in [6, 6.07) is 22.6. The number of benzene rings is 2. The predicted molar refractivity (Wildman–Crippen MR) is 147 cm³/mol. The molecule has 4 aromatic rings. The quantitative estimate of drug-likeness (QED) is 0.343. The van der Waals surface area contributed by atoms with Crippen molar-refractivity contribution in [3.05, 3.63) is 95.9 Å². The minimum Gasteiger partial charge on any atom is -0.497 e. The first kappa shape index (κ1) is 26.0. The van der Waals surface area contributed by atoms with Gasteiger partial charge in [0.25, 0.3) is 5.91 Å². The van der Waals surface area contributed by atoms with Gasteiger partial charge in [0, 0.05) is 37.3 Å². The molecule has 9 heteroatoms. The molecule has 0 spiro atoms. The van der Waals surface area contributed by atoms with Crippen LogP contribution in [0, 0.1) is 6.92 Å². The van der Waals surface area contributed by atoms with Gasteiger partial charge in [-0.25, -0.2) is 0 Å². The number of nitrogens with zero attached hydrogens (tertiary/aromatic N) is 5. The number of furan rings is 1. The number of ether oxygens (including phenoxy) is 1. The van der Waals surface area contributed by atoms with E-state index in [1.807, 2.05) is 24.3 Å². The molecule has 1 aliphatic rings. The Bertz CT molecular complexity index is 1400. The van der Waals surface area contributed by atoms with Gasteiger partial charge >= 0.3 is 0 Å². The highest BCUT2D eigenvalue weighted by Crippen LogP contribution is 2.21. The van der Waals surface area contributed by atoms with E-state index in [0.717, 1.165) is 17.1 Å². The van der Waals surface area contributed by atoms with Crippen LogP contribution in [0.3, 0.4) is 0 Å². The molecule has 9 nitrogen and oxygen atoms in total. The lowest BCUT2D eigenvalue weighted by molar-refractivity contribution is -0.132. The Morgan fingerprint density at radius 2 is 1.74 bits per heavy atom. The first-order valence-corrected chi connectivity index (χ1v) is 12.9. The molecule has 0 N–H and O–H groups in total. The Morgan fingerprint density at radius 1 is 0.949 bits per heavy atom.